The summed E-state index contributed by atoms with van der Waals surface area (Å²) in [6.07, 6.45) is 0.471. The Morgan fingerprint density at radius 3 is 2.71 bits per heavy atom. The van der Waals surface area contributed by atoms with Crippen molar-refractivity contribution in [3.8, 4) is 0 Å². The molecule has 1 aliphatic rings. The highest BCUT2D eigenvalue weighted by molar-refractivity contribution is 7.91. The molecule has 0 radical (unpaired) electrons. The van der Waals surface area contributed by atoms with Gasteiger partial charge < -0.3 is 11.5 Å². The van der Waals surface area contributed by atoms with Crippen molar-refractivity contribution in [2.24, 2.45) is 5.73 Å². The van der Waals surface area contributed by atoms with E-state index in [9.17, 15) is 8.42 Å². The second-order valence-corrected chi connectivity index (χ2v) is 5.53. The van der Waals surface area contributed by atoms with Gasteiger partial charge in [0.15, 0.2) is 9.84 Å². The number of nitrogens with two attached hydrogens (primary N) is 2. The number of anilines is 1. The van der Waals surface area contributed by atoms with Crippen LogP contribution in [0.25, 0.3) is 0 Å². The van der Waals surface area contributed by atoms with Gasteiger partial charge in [-0.05, 0) is 18.1 Å². The van der Waals surface area contributed by atoms with E-state index in [1.165, 1.54) is 0 Å². The van der Waals surface area contributed by atoms with Crippen molar-refractivity contribution in [3.63, 3.8) is 0 Å². The number of sulfone groups is 1. The maximum Gasteiger partial charge on any atom is 0.180 e. The molecular formula is C9H12N2O2S. The molecule has 0 aromatic heterocycles. The zero-order chi connectivity index (χ0) is 10.3. The van der Waals surface area contributed by atoms with Crippen molar-refractivity contribution in [2.45, 2.75) is 17.4 Å². The van der Waals surface area contributed by atoms with Gasteiger partial charge in [0.05, 0.1) is 16.3 Å². The Balaban J connectivity index is 2.77. The molecule has 1 unspecified atom stereocenters. The van der Waals surface area contributed by atoms with E-state index in [4.69, 9.17) is 11.5 Å². The van der Waals surface area contributed by atoms with Crippen LogP contribution < -0.4 is 11.5 Å². The van der Waals surface area contributed by atoms with E-state index < -0.39 is 9.84 Å². The normalized spacial score (nSPS) is 24.2. The predicted octanol–water partition coefficient (Wildman–Crippen LogP) is 0.446. The summed E-state index contributed by atoms with van der Waals surface area (Å²) in [5, 5.41) is 0. The summed E-state index contributed by atoms with van der Waals surface area (Å²) in [6.45, 7) is 0. The van der Waals surface area contributed by atoms with Crippen LogP contribution >= 0.6 is 0 Å². The molecule has 5 heteroatoms. The topological polar surface area (TPSA) is 86.2 Å². The zero-order valence-electron chi connectivity index (χ0n) is 7.60. The molecule has 0 saturated heterocycles. The average molecular weight is 212 g/mol. The monoisotopic (exact) mass is 212 g/mol. The number of nitrogen functional groups attached to an aromatic ring is 1. The fourth-order valence-corrected chi connectivity index (χ4v) is 3.54. The van der Waals surface area contributed by atoms with Crippen LogP contribution in [-0.4, -0.2) is 14.2 Å². The molecule has 1 heterocycles. The first-order chi connectivity index (χ1) is 6.52. The van der Waals surface area contributed by atoms with E-state index >= 15 is 0 Å². The summed E-state index contributed by atoms with van der Waals surface area (Å²) in [5.41, 5.74) is 12.4. The molecule has 76 valence electrons. The Morgan fingerprint density at radius 1 is 1.36 bits per heavy atom. The molecule has 2 rings (SSSR count). The van der Waals surface area contributed by atoms with Gasteiger partial charge in [-0.3, -0.25) is 0 Å². The first kappa shape index (κ1) is 9.48. The smallest absolute Gasteiger partial charge is 0.180 e. The molecule has 4 N–H and O–H groups in total. The summed E-state index contributed by atoms with van der Waals surface area (Å²) in [4.78, 5) is 0.235. The number of rotatable bonds is 0. The van der Waals surface area contributed by atoms with Crippen molar-refractivity contribution in [3.05, 3.63) is 23.8 Å². The van der Waals surface area contributed by atoms with Crippen LogP contribution in [0.3, 0.4) is 0 Å². The second kappa shape index (κ2) is 2.96. The molecule has 0 spiro atoms. The maximum absolute atomic E-state index is 11.7. The van der Waals surface area contributed by atoms with E-state index in [0.29, 0.717) is 17.7 Å². The Labute approximate surface area is 82.8 Å². The van der Waals surface area contributed by atoms with Crippen molar-refractivity contribution in [1.29, 1.82) is 0 Å². The van der Waals surface area contributed by atoms with Crippen LogP contribution in [0.15, 0.2) is 23.1 Å². The lowest BCUT2D eigenvalue weighted by atomic mass is 10.0. The zero-order valence-corrected chi connectivity index (χ0v) is 8.42. The molecule has 0 saturated carbocycles. The van der Waals surface area contributed by atoms with E-state index in [1.807, 2.05) is 0 Å². The minimum atomic E-state index is -3.21. The minimum Gasteiger partial charge on any atom is -0.398 e. The molecule has 1 atom stereocenters. The molecule has 1 aliphatic heterocycles. The largest absolute Gasteiger partial charge is 0.398 e. The second-order valence-electron chi connectivity index (χ2n) is 3.48. The molecular weight excluding hydrogens is 200 g/mol. The van der Waals surface area contributed by atoms with Gasteiger partial charge in [0.1, 0.15) is 0 Å². The van der Waals surface area contributed by atoms with Crippen LogP contribution in [-0.2, 0) is 9.84 Å². The van der Waals surface area contributed by atoms with Crippen molar-refractivity contribution >= 4 is 15.5 Å². The SMILES string of the molecule is Nc1cccc2c1S(=O)(=O)CCC2N. The van der Waals surface area contributed by atoms with Gasteiger partial charge in [0.25, 0.3) is 0 Å². The van der Waals surface area contributed by atoms with Gasteiger partial charge in [0, 0.05) is 6.04 Å². The lowest BCUT2D eigenvalue weighted by Gasteiger charge is -2.23. The highest BCUT2D eigenvalue weighted by Gasteiger charge is 2.29. The Hall–Kier alpha value is -1.07. The summed E-state index contributed by atoms with van der Waals surface area (Å²) in [7, 11) is -3.21. The first-order valence-electron chi connectivity index (χ1n) is 4.39. The van der Waals surface area contributed by atoms with Crippen molar-refractivity contribution < 1.29 is 8.42 Å². The fourth-order valence-electron chi connectivity index (χ4n) is 1.76. The Morgan fingerprint density at radius 2 is 2.07 bits per heavy atom. The van der Waals surface area contributed by atoms with E-state index in [1.54, 1.807) is 18.2 Å². The van der Waals surface area contributed by atoms with Gasteiger partial charge in [-0.2, -0.15) is 0 Å². The number of hydrogen-bond donors (Lipinski definition) is 2. The van der Waals surface area contributed by atoms with Crippen LogP contribution in [0.2, 0.25) is 0 Å². The third-order valence-corrected chi connectivity index (χ3v) is 4.35. The lowest BCUT2D eigenvalue weighted by molar-refractivity contribution is 0.569. The van der Waals surface area contributed by atoms with Gasteiger partial charge >= 0.3 is 0 Å². The molecule has 14 heavy (non-hydrogen) atoms. The van der Waals surface area contributed by atoms with Gasteiger partial charge in [0.2, 0.25) is 0 Å². The summed E-state index contributed by atoms with van der Waals surface area (Å²) < 4.78 is 23.4. The highest BCUT2D eigenvalue weighted by atomic mass is 32.2. The molecule has 4 nitrogen and oxygen atoms in total. The van der Waals surface area contributed by atoms with Crippen molar-refractivity contribution in [1.82, 2.24) is 0 Å². The third-order valence-electron chi connectivity index (χ3n) is 2.48. The van der Waals surface area contributed by atoms with Gasteiger partial charge in [-0.15, -0.1) is 0 Å². The molecule has 0 bridgehead atoms. The van der Waals surface area contributed by atoms with Crippen LogP contribution in [0, 0.1) is 0 Å². The lowest BCUT2D eigenvalue weighted by Crippen LogP contribution is -2.25. The maximum atomic E-state index is 11.7. The summed E-state index contributed by atoms with van der Waals surface area (Å²) in [6, 6.07) is 4.84. The molecule has 0 fully saturated rings. The minimum absolute atomic E-state index is 0.0926. The fraction of sp³-hybridized carbons (Fsp3) is 0.333. The van der Waals surface area contributed by atoms with E-state index in [0.717, 1.165) is 0 Å². The molecule has 1 aromatic carbocycles. The van der Waals surface area contributed by atoms with Crippen molar-refractivity contribution in [2.75, 3.05) is 11.5 Å². The molecule has 0 aliphatic carbocycles. The Bertz CT molecular complexity index is 468. The first-order valence-corrected chi connectivity index (χ1v) is 6.04. The van der Waals surface area contributed by atoms with Crippen LogP contribution in [0.1, 0.15) is 18.0 Å². The number of fused-ring (bicyclic) bond motifs is 1. The Kier molecular flexibility index (Phi) is 2.01. The van der Waals surface area contributed by atoms with Crippen LogP contribution in [0.4, 0.5) is 5.69 Å². The highest BCUT2D eigenvalue weighted by Crippen LogP contribution is 2.34. The molecule has 0 amide bonds. The van der Waals surface area contributed by atoms with Gasteiger partial charge in [-0.25, -0.2) is 8.42 Å². The number of hydrogen-bond acceptors (Lipinski definition) is 4. The van der Waals surface area contributed by atoms with Gasteiger partial charge in [-0.1, -0.05) is 12.1 Å². The molecule has 1 aromatic rings. The third kappa shape index (κ3) is 1.29. The summed E-state index contributed by atoms with van der Waals surface area (Å²) in [5.74, 6) is 0.0926. The standard InChI is InChI=1S/C9H12N2O2S/c10-7-4-5-14(12,13)9-6(7)2-1-3-8(9)11/h1-3,7H,4-5,10-11H2. The summed E-state index contributed by atoms with van der Waals surface area (Å²) >= 11 is 0. The van der Waals surface area contributed by atoms with E-state index in [2.05, 4.69) is 0 Å². The number of benzene rings is 1. The predicted molar refractivity (Wildman–Crippen MR) is 54.5 cm³/mol. The van der Waals surface area contributed by atoms with Crippen LogP contribution in [0.5, 0.6) is 0 Å². The quantitative estimate of drug-likeness (QED) is 0.611. The average Bonchev–Trinajstić information content (AvgIpc) is 2.12. The van der Waals surface area contributed by atoms with E-state index in [-0.39, 0.29) is 16.7 Å².